The number of allylic oxidation sites excluding steroid dienone is 2. The summed E-state index contributed by atoms with van der Waals surface area (Å²) in [4.78, 5) is 38.3. The van der Waals surface area contributed by atoms with Crippen LogP contribution < -0.4 is 21.3 Å². The number of carbonyl (C=O) groups excluding carboxylic acids is 1. The van der Waals surface area contributed by atoms with Crippen molar-refractivity contribution in [2.45, 2.75) is 32.1 Å². The first-order valence-corrected chi connectivity index (χ1v) is 9.50. The first-order valence-electron chi connectivity index (χ1n) is 9.50. The maximum atomic E-state index is 13.1. The number of benzene rings is 1. The van der Waals surface area contributed by atoms with E-state index >= 15 is 0 Å². The Labute approximate surface area is 162 Å². The zero-order valence-electron chi connectivity index (χ0n) is 16.2. The van der Waals surface area contributed by atoms with Gasteiger partial charge in [-0.2, -0.15) is 0 Å². The minimum atomic E-state index is -0.500. The van der Waals surface area contributed by atoms with Crippen LogP contribution in [0.3, 0.4) is 0 Å². The van der Waals surface area contributed by atoms with Crippen molar-refractivity contribution in [3.63, 3.8) is 0 Å². The molecule has 1 aromatic heterocycles. The van der Waals surface area contributed by atoms with Gasteiger partial charge in [0.1, 0.15) is 11.6 Å². The quantitative estimate of drug-likeness (QED) is 0.880. The van der Waals surface area contributed by atoms with Gasteiger partial charge in [-0.25, -0.2) is 4.79 Å². The Bertz CT molecular complexity index is 1110. The molecule has 4 rings (SSSR count). The van der Waals surface area contributed by atoms with Crippen molar-refractivity contribution >= 4 is 11.6 Å². The zero-order chi connectivity index (χ0) is 20.0. The van der Waals surface area contributed by atoms with Gasteiger partial charge in [-0.3, -0.25) is 18.7 Å². The van der Waals surface area contributed by atoms with E-state index in [4.69, 9.17) is 4.74 Å². The number of ether oxygens (including phenoxy) is 1. The molecule has 0 amide bonds. The normalized spacial score (nSPS) is 18.4. The van der Waals surface area contributed by atoms with Gasteiger partial charge < -0.3 is 10.1 Å². The number of fused-ring (bicyclic) bond motifs is 1. The van der Waals surface area contributed by atoms with E-state index in [-0.39, 0.29) is 11.3 Å². The van der Waals surface area contributed by atoms with Crippen molar-refractivity contribution in [2.24, 2.45) is 14.1 Å². The smallest absolute Gasteiger partial charge is 0.332 e. The van der Waals surface area contributed by atoms with E-state index in [9.17, 15) is 14.4 Å². The number of carbonyl (C=O) groups is 1. The van der Waals surface area contributed by atoms with Crippen LogP contribution in [0, 0.1) is 0 Å². The van der Waals surface area contributed by atoms with Crippen molar-refractivity contribution in [2.75, 3.05) is 11.9 Å². The maximum Gasteiger partial charge on any atom is 0.332 e. The largest absolute Gasteiger partial charge is 0.494 e. The molecule has 1 aliphatic heterocycles. The molecule has 0 unspecified atom stereocenters. The first kappa shape index (κ1) is 18.3. The molecule has 2 heterocycles. The maximum absolute atomic E-state index is 13.1. The average Bonchev–Trinajstić information content (AvgIpc) is 2.70. The van der Waals surface area contributed by atoms with Crippen LogP contribution in [0.4, 0.5) is 5.82 Å². The van der Waals surface area contributed by atoms with E-state index in [2.05, 4.69) is 5.32 Å². The van der Waals surface area contributed by atoms with Gasteiger partial charge in [-0.05, 0) is 37.5 Å². The van der Waals surface area contributed by atoms with Crippen molar-refractivity contribution in [1.82, 2.24) is 9.13 Å². The number of aromatic nitrogens is 2. The number of hydrogen-bond acceptors (Lipinski definition) is 5. The summed E-state index contributed by atoms with van der Waals surface area (Å²) in [5, 5.41) is 3.22. The summed E-state index contributed by atoms with van der Waals surface area (Å²) in [6.07, 6.45) is 1.95. The summed E-state index contributed by atoms with van der Waals surface area (Å²) in [5.74, 6) is 0.757. The molecule has 0 radical (unpaired) electrons. The highest BCUT2D eigenvalue weighted by Gasteiger charge is 2.38. The molecule has 7 nitrogen and oxygen atoms in total. The van der Waals surface area contributed by atoms with E-state index in [1.165, 1.54) is 11.6 Å². The monoisotopic (exact) mass is 381 g/mol. The highest BCUT2D eigenvalue weighted by Crippen LogP contribution is 2.43. The second-order valence-corrected chi connectivity index (χ2v) is 7.20. The molecular weight excluding hydrogens is 358 g/mol. The Morgan fingerprint density at radius 1 is 1.07 bits per heavy atom. The second kappa shape index (κ2) is 6.82. The minimum absolute atomic E-state index is 0.0502. The van der Waals surface area contributed by atoms with Crippen LogP contribution in [0.25, 0.3) is 0 Å². The number of ketones is 1. The Morgan fingerprint density at radius 3 is 2.46 bits per heavy atom. The van der Waals surface area contributed by atoms with Crippen LogP contribution in [-0.2, 0) is 18.9 Å². The molecule has 1 N–H and O–H groups in total. The van der Waals surface area contributed by atoms with Crippen molar-refractivity contribution < 1.29 is 9.53 Å². The third-order valence-corrected chi connectivity index (χ3v) is 5.53. The minimum Gasteiger partial charge on any atom is -0.494 e. The molecule has 2 aliphatic rings. The number of nitrogens with one attached hydrogen (secondary N) is 1. The Hall–Kier alpha value is -3.09. The highest BCUT2D eigenvalue weighted by atomic mass is 16.5. The van der Waals surface area contributed by atoms with E-state index in [0.717, 1.165) is 34.4 Å². The van der Waals surface area contributed by atoms with Crippen molar-refractivity contribution in [3.8, 4) is 5.75 Å². The highest BCUT2D eigenvalue weighted by molar-refractivity contribution is 6.00. The van der Waals surface area contributed by atoms with Crippen LogP contribution in [0.2, 0.25) is 0 Å². The van der Waals surface area contributed by atoms with Gasteiger partial charge in [-0.15, -0.1) is 0 Å². The van der Waals surface area contributed by atoms with Crippen LogP contribution in [0.1, 0.15) is 43.2 Å². The fraction of sp³-hybridized carbons (Fsp3) is 0.381. The molecule has 0 fully saturated rings. The molecule has 28 heavy (non-hydrogen) atoms. The molecule has 0 saturated heterocycles. The van der Waals surface area contributed by atoms with Gasteiger partial charge in [0.25, 0.3) is 5.56 Å². The summed E-state index contributed by atoms with van der Waals surface area (Å²) in [6.45, 7) is 2.48. The summed E-state index contributed by atoms with van der Waals surface area (Å²) >= 11 is 0. The van der Waals surface area contributed by atoms with E-state index in [1.807, 2.05) is 31.2 Å². The molecule has 1 atom stereocenters. The Balaban J connectivity index is 1.99. The standard InChI is InChI=1S/C21H23N3O4/c1-4-28-13-10-8-12(9-11-13)16-17-14(6-5-7-15(17)25)22-19-18(16)20(26)24(3)21(27)23(19)2/h8-11,16,22H,4-7H2,1-3H3/t16-/m1/s1. The first-order chi connectivity index (χ1) is 13.4. The van der Waals surface area contributed by atoms with Gasteiger partial charge in [0.2, 0.25) is 0 Å². The molecule has 0 saturated carbocycles. The lowest BCUT2D eigenvalue weighted by Gasteiger charge is -2.34. The Kier molecular flexibility index (Phi) is 4.45. The van der Waals surface area contributed by atoms with Gasteiger partial charge >= 0.3 is 5.69 Å². The summed E-state index contributed by atoms with van der Waals surface area (Å²) in [6, 6.07) is 7.48. The predicted octanol–water partition coefficient (Wildman–Crippen LogP) is 2.05. The molecule has 1 aliphatic carbocycles. The number of Topliss-reactive ketones (excluding diaryl/α,β-unsaturated/α-hetero) is 1. The fourth-order valence-corrected chi connectivity index (χ4v) is 4.15. The van der Waals surface area contributed by atoms with Gasteiger partial charge in [0, 0.05) is 37.7 Å². The average molecular weight is 381 g/mol. The van der Waals surface area contributed by atoms with E-state index in [0.29, 0.717) is 30.0 Å². The third kappa shape index (κ3) is 2.69. The summed E-state index contributed by atoms with van der Waals surface area (Å²) in [7, 11) is 3.10. The van der Waals surface area contributed by atoms with Gasteiger partial charge in [0.15, 0.2) is 5.78 Å². The number of anilines is 1. The van der Waals surface area contributed by atoms with Crippen LogP contribution >= 0.6 is 0 Å². The molecule has 146 valence electrons. The topological polar surface area (TPSA) is 82.3 Å². The number of rotatable bonds is 3. The van der Waals surface area contributed by atoms with Crippen molar-refractivity contribution in [1.29, 1.82) is 0 Å². The fourth-order valence-electron chi connectivity index (χ4n) is 4.15. The van der Waals surface area contributed by atoms with Gasteiger partial charge in [0.05, 0.1) is 12.2 Å². The van der Waals surface area contributed by atoms with Gasteiger partial charge in [-0.1, -0.05) is 12.1 Å². The number of nitrogens with zero attached hydrogens (tertiary/aromatic N) is 2. The second-order valence-electron chi connectivity index (χ2n) is 7.20. The van der Waals surface area contributed by atoms with Crippen LogP contribution in [0.15, 0.2) is 45.1 Å². The number of hydrogen-bond donors (Lipinski definition) is 1. The SMILES string of the molecule is CCOc1ccc([C@@H]2C3=C(CCCC3=O)Nc3c2c(=O)n(C)c(=O)n3C)cc1. The van der Waals surface area contributed by atoms with Crippen LogP contribution in [0.5, 0.6) is 5.75 Å². The third-order valence-electron chi connectivity index (χ3n) is 5.53. The zero-order valence-corrected chi connectivity index (χ0v) is 16.2. The molecule has 0 bridgehead atoms. The predicted molar refractivity (Wildman–Crippen MR) is 106 cm³/mol. The molecule has 1 aromatic carbocycles. The van der Waals surface area contributed by atoms with E-state index in [1.54, 1.807) is 7.05 Å². The lowest BCUT2D eigenvalue weighted by molar-refractivity contribution is -0.116. The molecule has 0 spiro atoms. The molecule has 7 heteroatoms. The molecule has 2 aromatic rings. The van der Waals surface area contributed by atoms with E-state index < -0.39 is 11.6 Å². The molecular formula is C21H23N3O4. The summed E-state index contributed by atoms with van der Waals surface area (Å²) < 4.78 is 8.06. The van der Waals surface area contributed by atoms with Crippen LogP contribution in [-0.4, -0.2) is 21.5 Å². The Morgan fingerprint density at radius 2 is 1.79 bits per heavy atom. The lowest BCUT2D eigenvalue weighted by atomic mass is 9.76. The lowest BCUT2D eigenvalue weighted by Crippen LogP contribution is -2.44. The van der Waals surface area contributed by atoms with Crippen molar-refractivity contribution in [3.05, 3.63) is 67.5 Å². The summed E-state index contributed by atoms with van der Waals surface area (Å²) in [5.41, 5.74) is 1.94.